The van der Waals surface area contributed by atoms with Gasteiger partial charge in [0.1, 0.15) is 0 Å². The Bertz CT molecular complexity index is 403. The summed E-state index contributed by atoms with van der Waals surface area (Å²) in [6, 6.07) is 6.51. The second kappa shape index (κ2) is 7.70. The molecule has 0 aliphatic heterocycles. The fourth-order valence-electron chi connectivity index (χ4n) is 2.00. The summed E-state index contributed by atoms with van der Waals surface area (Å²) in [5.74, 6) is 0.709. The molecule has 0 heterocycles. The van der Waals surface area contributed by atoms with Gasteiger partial charge in [-0.15, -0.1) is 0 Å². The average Bonchev–Trinajstić information content (AvgIpc) is 2.34. The standard InChI is InChI=1S/C15H25NOS/c1-5-9-16-14(6-2)11-18(17)15-8-7-12(3)10-13(15)4/h7-8,10,14,16H,5-6,9,11H2,1-4H3. The number of aryl methyl sites for hydroxylation is 2. The smallest absolute Gasteiger partial charge is 0.0547 e. The van der Waals surface area contributed by atoms with Crippen molar-refractivity contribution in [2.45, 2.75) is 51.5 Å². The van der Waals surface area contributed by atoms with Gasteiger partial charge in [0, 0.05) is 16.7 Å². The first kappa shape index (κ1) is 15.4. The lowest BCUT2D eigenvalue weighted by Gasteiger charge is -2.16. The Balaban J connectivity index is 2.68. The molecule has 0 aliphatic rings. The average molecular weight is 267 g/mol. The van der Waals surface area contributed by atoms with Gasteiger partial charge in [0.05, 0.1) is 10.8 Å². The number of hydrogen-bond donors (Lipinski definition) is 1. The summed E-state index contributed by atoms with van der Waals surface area (Å²) in [6.45, 7) is 9.41. The lowest BCUT2D eigenvalue weighted by atomic mass is 10.2. The predicted octanol–water partition coefficient (Wildman–Crippen LogP) is 3.19. The van der Waals surface area contributed by atoms with Gasteiger partial charge in [-0.1, -0.05) is 31.5 Å². The minimum Gasteiger partial charge on any atom is -0.313 e. The van der Waals surface area contributed by atoms with Gasteiger partial charge >= 0.3 is 0 Å². The Kier molecular flexibility index (Phi) is 6.58. The van der Waals surface area contributed by atoms with Crippen molar-refractivity contribution in [1.29, 1.82) is 0 Å². The molecule has 0 aliphatic carbocycles. The Labute approximate surface area is 114 Å². The van der Waals surface area contributed by atoms with E-state index in [0.29, 0.717) is 11.8 Å². The summed E-state index contributed by atoms with van der Waals surface area (Å²) in [6.07, 6.45) is 2.14. The van der Waals surface area contributed by atoms with E-state index in [4.69, 9.17) is 0 Å². The van der Waals surface area contributed by atoms with Crippen LogP contribution >= 0.6 is 0 Å². The second-order valence-corrected chi connectivity index (χ2v) is 6.30. The van der Waals surface area contributed by atoms with Crippen LogP contribution in [0.25, 0.3) is 0 Å². The van der Waals surface area contributed by atoms with Crippen molar-refractivity contribution in [1.82, 2.24) is 5.32 Å². The highest BCUT2D eigenvalue weighted by atomic mass is 32.2. The first-order valence-electron chi connectivity index (χ1n) is 6.77. The summed E-state index contributed by atoms with van der Waals surface area (Å²) in [5, 5.41) is 3.46. The van der Waals surface area contributed by atoms with Gasteiger partial charge in [0.2, 0.25) is 0 Å². The molecule has 0 saturated heterocycles. The molecule has 0 bridgehead atoms. The molecule has 0 spiro atoms. The third-order valence-corrected chi connectivity index (χ3v) is 4.76. The van der Waals surface area contributed by atoms with E-state index >= 15 is 0 Å². The Morgan fingerprint density at radius 2 is 2.00 bits per heavy atom. The van der Waals surface area contributed by atoms with Crippen LogP contribution in [-0.4, -0.2) is 22.5 Å². The van der Waals surface area contributed by atoms with Gasteiger partial charge in [0.15, 0.2) is 0 Å². The zero-order chi connectivity index (χ0) is 13.5. The van der Waals surface area contributed by atoms with E-state index in [9.17, 15) is 4.21 Å². The highest BCUT2D eigenvalue weighted by Crippen LogP contribution is 2.16. The highest BCUT2D eigenvalue weighted by molar-refractivity contribution is 7.85. The monoisotopic (exact) mass is 267 g/mol. The van der Waals surface area contributed by atoms with Gasteiger partial charge in [-0.05, 0) is 44.9 Å². The van der Waals surface area contributed by atoms with Crippen LogP contribution < -0.4 is 5.32 Å². The van der Waals surface area contributed by atoms with Crippen LogP contribution in [0.4, 0.5) is 0 Å². The third kappa shape index (κ3) is 4.54. The van der Waals surface area contributed by atoms with Gasteiger partial charge in [-0.25, -0.2) is 0 Å². The van der Waals surface area contributed by atoms with E-state index in [1.165, 1.54) is 5.56 Å². The molecule has 3 heteroatoms. The molecule has 18 heavy (non-hydrogen) atoms. The van der Waals surface area contributed by atoms with Crippen molar-refractivity contribution in [3.63, 3.8) is 0 Å². The molecule has 2 atom stereocenters. The van der Waals surface area contributed by atoms with Crippen LogP contribution in [0.15, 0.2) is 23.1 Å². The fourth-order valence-corrected chi connectivity index (χ4v) is 3.53. The van der Waals surface area contributed by atoms with E-state index in [1.807, 2.05) is 19.1 Å². The van der Waals surface area contributed by atoms with E-state index in [0.717, 1.165) is 29.8 Å². The minimum atomic E-state index is -0.899. The molecule has 0 amide bonds. The topological polar surface area (TPSA) is 29.1 Å². The number of benzene rings is 1. The number of hydrogen-bond acceptors (Lipinski definition) is 2. The van der Waals surface area contributed by atoms with Crippen molar-refractivity contribution in [2.24, 2.45) is 0 Å². The molecule has 2 nitrogen and oxygen atoms in total. The zero-order valence-electron chi connectivity index (χ0n) is 12.0. The molecule has 1 aromatic carbocycles. The molecule has 102 valence electrons. The first-order chi connectivity index (χ1) is 8.58. The first-order valence-corrected chi connectivity index (χ1v) is 8.09. The molecule has 1 N–H and O–H groups in total. The molecular formula is C15H25NOS. The van der Waals surface area contributed by atoms with Crippen LogP contribution in [0.2, 0.25) is 0 Å². The molecule has 0 fully saturated rings. The lowest BCUT2D eigenvalue weighted by Crippen LogP contribution is -2.34. The summed E-state index contributed by atoms with van der Waals surface area (Å²) in [4.78, 5) is 0.984. The summed E-state index contributed by atoms with van der Waals surface area (Å²) < 4.78 is 12.4. The SMILES string of the molecule is CCCNC(CC)CS(=O)c1ccc(C)cc1C. The van der Waals surface area contributed by atoms with Crippen molar-refractivity contribution in [3.8, 4) is 0 Å². The van der Waals surface area contributed by atoms with Crippen molar-refractivity contribution in [3.05, 3.63) is 29.3 Å². The summed E-state index contributed by atoms with van der Waals surface area (Å²) >= 11 is 0. The molecule has 1 rings (SSSR count). The maximum atomic E-state index is 12.4. The van der Waals surface area contributed by atoms with E-state index in [2.05, 4.69) is 32.2 Å². The van der Waals surface area contributed by atoms with Crippen LogP contribution in [0.5, 0.6) is 0 Å². The van der Waals surface area contributed by atoms with Crippen molar-refractivity contribution < 1.29 is 4.21 Å². The molecule has 0 aromatic heterocycles. The van der Waals surface area contributed by atoms with E-state index in [-0.39, 0.29) is 0 Å². The molecule has 0 saturated carbocycles. The Morgan fingerprint density at radius 1 is 1.28 bits per heavy atom. The van der Waals surface area contributed by atoms with Crippen LogP contribution in [0, 0.1) is 13.8 Å². The molecule has 2 unspecified atom stereocenters. The lowest BCUT2D eigenvalue weighted by molar-refractivity contribution is 0.533. The molecule has 1 aromatic rings. The quantitative estimate of drug-likeness (QED) is 0.822. The minimum absolute atomic E-state index is 0.353. The highest BCUT2D eigenvalue weighted by Gasteiger charge is 2.13. The van der Waals surface area contributed by atoms with Crippen molar-refractivity contribution >= 4 is 10.8 Å². The second-order valence-electron chi connectivity index (χ2n) is 4.84. The van der Waals surface area contributed by atoms with E-state index in [1.54, 1.807) is 0 Å². The van der Waals surface area contributed by atoms with Crippen molar-refractivity contribution in [2.75, 3.05) is 12.3 Å². The molecule has 0 radical (unpaired) electrons. The largest absolute Gasteiger partial charge is 0.313 e. The van der Waals surface area contributed by atoms with Gasteiger partial charge in [0.25, 0.3) is 0 Å². The summed E-state index contributed by atoms with van der Waals surface area (Å²) in [7, 11) is -0.899. The normalized spacial score (nSPS) is 14.4. The number of nitrogens with one attached hydrogen (secondary N) is 1. The van der Waals surface area contributed by atoms with E-state index < -0.39 is 10.8 Å². The molecular weight excluding hydrogens is 242 g/mol. The predicted molar refractivity (Wildman–Crippen MR) is 79.6 cm³/mol. The Morgan fingerprint density at radius 3 is 2.56 bits per heavy atom. The van der Waals surface area contributed by atoms with Crippen LogP contribution in [0.1, 0.15) is 37.8 Å². The summed E-state index contributed by atoms with van der Waals surface area (Å²) in [5.41, 5.74) is 2.36. The fraction of sp³-hybridized carbons (Fsp3) is 0.600. The van der Waals surface area contributed by atoms with Crippen LogP contribution in [-0.2, 0) is 10.8 Å². The zero-order valence-corrected chi connectivity index (χ0v) is 12.8. The maximum absolute atomic E-state index is 12.4. The van der Waals surface area contributed by atoms with Gasteiger partial charge in [-0.2, -0.15) is 0 Å². The van der Waals surface area contributed by atoms with Gasteiger partial charge < -0.3 is 5.32 Å². The maximum Gasteiger partial charge on any atom is 0.0547 e. The third-order valence-electron chi connectivity index (χ3n) is 3.10. The number of rotatable bonds is 7. The van der Waals surface area contributed by atoms with Gasteiger partial charge in [-0.3, -0.25) is 4.21 Å². The van der Waals surface area contributed by atoms with Crippen LogP contribution in [0.3, 0.4) is 0 Å². The Hall–Kier alpha value is -0.670.